The molecule has 0 amide bonds. The smallest absolute Gasteiger partial charge is 0.161 e. The lowest BCUT2D eigenvalue weighted by Gasteiger charge is -2.36. The van der Waals surface area contributed by atoms with E-state index in [0.717, 1.165) is 31.1 Å². The molecule has 1 aromatic rings. The fourth-order valence-corrected chi connectivity index (χ4v) is 3.01. The van der Waals surface area contributed by atoms with Gasteiger partial charge in [0.25, 0.3) is 0 Å². The summed E-state index contributed by atoms with van der Waals surface area (Å²) in [7, 11) is 0. The number of hydrogen-bond acceptors (Lipinski definition) is 4. The Bertz CT molecular complexity index is 445. The van der Waals surface area contributed by atoms with Gasteiger partial charge < -0.3 is 14.8 Å². The quantitative estimate of drug-likeness (QED) is 0.906. The molecule has 2 unspecified atom stereocenters. The van der Waals surface area contributed by atoms with E-state index < -0.39 is 0 Å². The highest BCUT2D eigenvalue weighted by atomic mass is 35.5. The number of benzene rings is 1. The van der Waals surface area contributed by atoms with Gasteiger partial charge in [-0.3, -0.25) is 4.90 Å². The van der Waals surface area contributed by atoms with Crippen LogP contribution in [0.1, 0.15) is 19.4 Å². The number of nitrogens with one attached hydrogen (secondary N) is 1. The topological polar surface area (TPSA) is 33.7 Å². The fourth-order valence-electron chi connectivity index (χ4n) is 3.01. The molecule has 2 aliphatic heterocycles. The first-order valence-electron chi connectivity index (χ1n) is 7.07. The third-order valence-electron chi connectivity index (χ3n) is 3.65. The molecule has 2 atom stereocenters. The molecule has 1 fully saturated rings. The lowest BCUT2D eigenvalue weighted by Crippen LogP contribution is -2.53. The second-order valence-corrected chi connectivity index (χ2v) is 5.64. The zero-order chi connectivity index (χ0) is 13.2. The molecule has 112 valence electrons. The largest absolute Gasteiger partial charge is 0.486 e. The van der Waals surface area contributed by atoms with Gasteiger partial charge in [0.05, 0.1) is 0 Å². The molecule has 5 heteroatoms. The Kier molecular flexibility index (Phi) is 5.13. The maximum Gasteiger partial charge on any atom is 0.161 e. The molecular weight excluding hydrogens is 276 g/mol. The zero-order valence-electron chi connectivity index (χ0n) is 12.1. The molecule has 2 aliphatic rings. The Balaban J connectivity index is 0.00000147. The molecule has 0 bridgehead atoms. The number of nitrogens with zero attached hydrogens (tertiary/aromatic N) is 1. The van der Waals surface area contributed by atoms with Crippen molar-refractivity contribution in [2.75, 3.05) is 26.3 Å². The summed E-state index contributed by atoms with van der Waals surface area (Å²) in [6, 6.07) is 7.40. The maximum atomic E-state index is 5.64. The van der Waals surface area contributed by atoms with Gasteiger partial charge in [-0.15, -0.1) is 12.4 Å². The van der Waals surface area contributed by atoms with E-state index in [1.807, 2.05) is 6.07 Å². The van der Waals surface area contributed by atoms with Crippen LogP contribution in [0.5, 0.6) is 11.5 Å². The van der Waals surface area contributed by atoms with Gasteiger partial charge in [0, 0.05) is 31.7 Å². The molecule has 2 heterocycles. The first-order chi connectivity index (χ1) is 9.20. The molecular formula is C15H23ClN2O2. The number of rotatable bonds is 2. The van der Waals surface area contributed by atoms with Crippen LogP contribution in [0.15, 0.2) is 18.2 Å². The molecule has 4 nitrogen and oxygen atoms in total. The highest BCUT2D eigenvalue weighted by Crippen LogP contribution is 2.31. The van der Waals surface area contributed by atoms with E-state index in [9.17, 15) is 0 Å². The van der Waals surface area contributed by atoms with Crippen LogP contribution >= 0.6 is 12.4 Å². The van der Waals surface area contributed by atoms with Crippen molar-refractivity contribution in [1.82, 2.24) is 10.2 Å². The van der Waals surface area contributed by atoms with E-state index in [1.54, 1.807) is 0 Å². The summed E-state index contributed by atoms with van der Waals surface area (Å²) in [5, 5.41) is 3.56. The summed E-state index contributed by atoms with van der Waals surface area (Å²) in [6.45, 7) is 8.96. The van der Waals surface area contributed by atoms with Gasteiger partial charge >= 0.3 is 0 Å². The predicted octanol–water partition coefficient (Wildman–Crippen LogP) is 2.06. The molecule has 1 saturated heterocycles. The van der Waals surface area contributed by atoms with Crippen molar-refractivity contribution < 1.29 is 9.47 Å². The Morgan fingerprint density at radius 3 is 2.45 bits per heavy atom. The van der Waals surface area contributed by atoms with Crippen molar-refractivity contribution in [2.45, 2.75) is 32.5 Å². The predicted molar refractivity (Wildman–Crippen MR) is 82.0 cm³/mol. The standard InChI is InChI=1S/C15H22N2O2.ClH/c1-11-8-17(9-12(2)16-11)10-13-3-4-14-15(7-13)19-6-5-18-14;/h3-4,7,11-12,16H,5-6,8-10H2,1-2H3;1H. The Morgan fingerprint density at radius 2 is 1.75 bits per heavy atom. The van der Waals surface area contributed by atoms with E-state index in [-0.39, 0.29) is 12.4 Å². The summed E-state index contributed by atoms with van der Waals surface area (Å²) >= 11 is 0. The minimum Gasteiger partial charge on any atom is -0.486 e. The number of hydrogen-bond donors (Lipinski definition) is 1. The van der Waals surface area contributed by atoms with Crippen LogP contribution < -0.4 is 14.8 Å². The van der Waals surface area contributed by atoms with Crippen LogP contribution in [-0.4, -0.2) is 43.3 Å². The van der Waals surface area contributed by atoms with Crippen LogP contribution in [0.3, 0.4) is 0 Å². The Labute approximate surface area is 126 Å². The van der Waals surface area contributed by atoms with Crippen LogP contribution in [0, 0.1) is 0 Å². The van der Waals surface area contributed by atoms with Crippen LogP contribution in [0.4, 0.5) is 0 Å². The van der Waals surface area contributed by atoms with E-state index in [0.29, 0.717) is 25.3 Å². The summed E-state index contributed by atoms with van der Waals surface area (Å²) in [4.78, 5) is 2.50. The lowest BCUT2D eigenvalue weighted by atomic mass is 10.1. The first-order valence-corrected chi connectivity index (χ1v) is 7.07. The minimum absolute atomic E-state index is 0. The van der Waals surface area contributed by atoms with Gasteiger partial charge in [0.2, 0.25) is 0 Å². The van der Waals surface area contributed by atoms with Gasteiger partial charge in [-0.2, -0.15) is 0 Å². The molecule has 0 radical (unpaired) electrons. The highest BCUT2D eigenvalue weighted by Gasteiger charge is 2.21. The second kappa shape index (κ2) is 6.66. The molecule has 20 heavy (non-hydrogen) atoms. The normalized spacial score (nSPS) is 25.9. The van der Waals surface area contributed by atoms with Crippen molar-refractivity contribution in [1.29, 1.82) is 0 Å². The highest BCUT2D eigenvalue weighted by molar-refractivity contribution is 5.85. The Hall–Kier alpha value is -0.970. The van der Waals surface area contributed by atoms with Crippen LogP contribution in [-0.2, 0) is 6.54 Å². The summed E-state index contributed by atoms with van der Waals surface area (Å²) in [6.07, 6.45) is 0. The third-order valence-corrected chi connectivity index (χ3v) is 3.65. The molecule has 1 aromatic carbocycles. The number of fused-ring (bicyclic) bond motifs is 1. The van der Waals surface area contributed by atoms with Crippen molar-refractivity contribution >= 4 is 12.4 Å². The van der Waals surface area contributed by atoms with Crippen molar-refractivity contribution in [3.05, 3.63) is 23.8 Å². The zero-order valence-corrected chi connectivity index (χ0v) is 12.9. The molecule has 3 rings (SSSR count). The molecule has 0 aliphatic carbocycles. The van der Waals surface area contributed by atoms with Gasteiger partial charge in [-0.05, 0) is 31.5 Å². The fraction of sp³-hybridized carbons (Fsp3) is 0.600. The van der Waals surface area contributed by atoms with Gasteiger partial charge in [0.15, 0.2) is 11.5 Å². The first kappa shape index (κ1) is 15.4. The van der Waals surface area contributed by atoms with E-state index in [2.05, 4.69) is 36.2 Å². The lowest BCUT2D eigenvalue weighted by molar-refractivity contribution is 0.163. The second-order valence-electron chi connectivity index (χ2n) is 5.64. The van der Waals surface area contributed by atoms with Gasteiger partial charge in [-0.25, -0.2) is 0 Å². The van der Waals surface area contributed by atoms with Crippen molar-refractivity contribution in [2.24, 2.45) is 0 Å². The Morgan fingerprint density at radius 1 is 1.10 bits per heavy atom. The average Bonchev–Trinajstić information content (AvgIpc) is 2.37. The number of ether oxygens (including phenoxy) is 2. The maximum absolute atomic E-state index is 5.64. The van der Waals surface area contributed by atoms with Gasteiger partial charge in [0.1, 0.15) is 13.2 Å². The van der Waals surface area contributed by atoms with Crippen LogP contribution in [0.25, 0.3) is 0 Å². The van der Waals surface area contributed by atoms with Crippen molar-refractivity contribution in [3.63, 3.8) is 0 Å². The molecule has 1 N–H and O–H groups in total. The van der Waals surface area contributed by atoms with Gasteiger partial charge in [-0.1, -0.05) is 6.07 Å². The van der Waals surface area contributed by atoms with Crippen LogP contribution in [0.2, 0.25) is 0 Å². The summed E-state index contributed by atoms with van der Waals surface area (Å²) < 4.78 is 11.2. The third kappa shape index (κ3) is 3.57. The summed E-state index contributed by atoms with van der Waals surface area (Å²) in [5.41, 5.74) is 1.30. The average molecular weight is 299 g/mol. The van der Waals surface area contributed by atoms with E-state index >= 15 is 0 Å². The summed E-state index contributed by atoms with van der Waals surface area (Å²) in [5.74, 6) is 1.76. The monoisotopic (exact) mass is 298 g/mol. The van der Waals surface area contributed by atoms with E-state index in [4.69, 9.17) is 9.47 Å². The molecule has 0 aromatic heterocycles. The van der Waals surface area contributed by atoms with E-state index in [1.165, 1.54) is 5.56 Å². The number of piperazine rings is 1. The minimum atomic E-state index is 0. The molecule has 0 spiro atoms. The van der Waals surface area contributed by atoms with Crippen molar-refractivity contribution in [3.8, 4) is 11.5 Å². The number of halogens is 1. The SMILES string of the molecule is CC1CN(Cc2ccc3c(c2)OCCO3)CC(C)N1.Cl. The molecule has 0 saturated carbocycles.